The van der Waals surface area contributed by atoms with E-state index < -0.39 is 42.6 Å². The van der Waals surface area contributed by atoms with Crippen molar-refractivity contribution in [1.29, 1.82) is 0 Å². The normalized spacial score (nSPS) is 13.9. The number of aromatic amines is 2. The molecule has 0 aliphatic heterocycles. The maximum absolute atomic E-state index is 14.3. The Kier molecular flexibility index (Phi) is 4.66. The van der Waals surface area contributed by atoms with E-state index in [0.29, 0.717) is 11.0 Å². The van der Waals surface area contributed by atoms with Crippen LogP contribution in [0.15, 0.2) is 48.8 Å². The molecule has 0 saturated carbocycles. The van der Waals surface area contributed by atoms with Gasteiger partial charge < -0.3 is 9.97 Å². The molecule has 28 heavy (non-hydrogen) atoms. The highest BCUT2D eigenvalue weighted by molar-refractivity contribution is 5.99. The summed E-state index contributed by atoms with van der Waals surface area (Å²) in [6.07, 6.45) is 2.72. The average molecular weight is 388 g/mol. The number of fused-ring (bicyclic) bond motifs is 2. The molecule has 0 amide bonds. The minimum Gasteiger partial charge on any atom is -0.361 e. The number of H-pyrrole nitrogens is 2. The topological polar surface area (TPSA) is 48.6 Å². The molecule has 2 N–H and O–H groups in total. The number of alkyl halides is 2. The van der Waals surface area contributed by atoms with Crippen molar-refractivity contribution in [2.45, 2.75) is 11.8 Å². The molecule has 0 aliphatic carbocycles. The molecule has 144 valence electrons. The molecule has 2 atom stereocenters. The molecule has 4 rings (SSSR count). The highest BCUT2D eigenvalue weighted by Crippen LogP contribution is 2.36. The number of hydrogen-bond acceptors (Lipinski definition) is 1. The molecule has 0 aliphatic rings. The van der Waals surface area contributed by atoms with E-state index in [0.717, 1.165) is 0 Å². The van der Waals surface area contributed by atoms with Crippen molar-refractivity contribution in [3.63, 3.8) is 0 Å². The lowest BCUT2D eigenvalue weighted by Gasteiger charge is -2.18. The number of nitrogens with one attached hydrogen (secondary N) is 2. The molecule has 0 bridgehead atoms. The molecule has 2 aromatic carbocycles. The van der Waals surface area contributed by atoms with Crippen molar-refractivity contribution >= 4 is 27.6 Å². The van der Waals surface area contributed by atoms with Gasteiger partial charge in [0, 0.05) is 34.2 Å². The SMILES string of the molecule is O=C(C(CF)c1c[nH]c2cccc(F)c12)C(CF)c1c[nH]c2cccc(F)c12. The van der Waals surface area contributed by atoms with Crippen molar-refractivity contribution in [3.05, 3.63) is 71.6 Å². The van der Waals surface area contributed by atoms with E-state index in [1.54, 1.807) is 12.1 Å². The molecule has 0 spiro atoms. The summed E-state index contributed by atoms with van der Waals surface area (Å²) in [7, 11) is 0. The van der Waals surface area contributed by atoms with Crippen molar-refractivity contribution in [2.75, 3.05) is 13.3 Å². The predicted octanol–water partition coefficient (Wildman–Crippen LogP) is 5.30. The average Bonchev–Trinajstić information content (AvgIpc) is 3.30. The highest BCUT2D eigenvalue weighted by atomic mass is 19.1. The zero-order valence-corrected chi connectivity index (χ0v) is 14.6. The van der Waals surface area contributed by atoms with E-state index in [9.17, 15) is 22.4 Å². The molecule has 4 aromatic rings. The number of benzene rings is 2. The van der Waals surface area contributed by atoms with Crippen LogP contribution in [-0.4, -0.2) is 29.1 Å². The first-order valence-corrected chi connectivity index (χ1v) is 8.73. The fraction of sp³-hybridized carbons (Fsp3) is 0.190. The summed E-state index contributed by atoms with van der Waals surface area (Å²) in [5, 5.41) is 0.197. The van der Waals surface area contributed by atoms with Gasteiger partial charge in [-0.05, 0) is 35.4 Å². The number of Topliss-reactive ketones (excluding diaryl/α,β-unsaturated/α-hetero) is 1. The first kappa shape index (κ1) is 18.3. The fourth-order valence-corrected chi connectivity index (χ4v) is 3.75. The molecule has 2 heterocycles. The van der Waals surface area contributed by atoms with Gasteiger partial charge in [-0.2, -0.15) is 0 Å². The summed E-state index contributed by atoms with van der Waals surface area (Å²) in [5.74, 6) is -4.71. The minimum atomic E-state index is -1.37. The van der Waals surface area contributed by atoms with Gasteiger partial charge in [0.25, 0.3) is 0 Å². The Bertz CT molecular complexity index is 1070. The van der Waals surface area contributed by atoms with Crippen molar-refractivity contribution in [2.24, 2.45) is 0 Å². The fourth-order valence-electron chi connectivity index (χ4n) is 3.75. The standard InChI is InChI=1S/C21H16F4N2O/c22-7-11(13-9-26-17-5-1-3-15(24)19(13)17)21(28)12(8-23)14-10-27-18-6-2-4-16(25)20(14)18/h1-6,9-12,26-27H,7-8H2. The number of rotatable bonds is 6. The maximum Gasteiger partial charge on any atom is 0.153 e. The van der Waals surface area contributed by atoms with Gasteiger partial charge in [0.1, 0.15) is 25.0 Å². The van der Waals surface area contributed by atoms with Gasteiger partial charge in [-0.15, -0.1) is 0 Å². The zero-order chi connectivity index (χ0) is 19.8. The van der Waals surface area contributed by atoms with Crippen molar-refractivity contribution < 1.29 is 22.4 Å². The Hall–Kier alpha value is -3.09. The van der Waals surface area contributed by atoms with E-state index in [4.69, 9.17) is 0 Å². The largest absolute Gasteiger partial charge is 0.361 e. The number of aromatic nitrogens is 2. The third kappa shape index (κ3) is 2.78. The van der Waals surface area contributed by atoms with Gasteiger partial charge in [0.2, 0.25) is 0 Å². The quantitative estimate of drug-likeness (QED) is 0.433. The molecule has 0 saturated heterocycles. The van der Waals surface area contributed by atoms with E-state index >= 15 is 0 Å². The number of halogens is 4. The predicted molar refractivity (Wildman–Crippen MR) is 99.0 cm³/mol. The maximum atomic E-state index is 14.3. The minimum absolute atomic E-state index is 0.0983. The highest BCUT2D eigenvalue weighted by Gasteiger charge is 2.33. The molecule has 0 fully saturated rings. The summed E-state index contributed by atoms with van der Waals surface area (Å²) in [5.41, 5.74) is 1.08. The van der Waals surface area contributed by atoms with Gasteiger partial charge in [0.15, 0.2) is 5.78 Å². The van der Waals surface area contributed by atoms with Gasteiger partial charge in [0.05, 0.1) is 11.8 Å². The smallest absolute Gasteiger partial charge is 0.153 e. The third-order valence-corrected chi connectivity index (χ3v) is 5.12. The van der Waals surface area contributed by atoms with Crippen LogP contribution in [0.25, 0.3) is 21.8 Å². The molecule has 2 unspecified atom stereocenters. The van der Waals surface area contributed by atoms with Crippen LogP contribution in [0, 0.1) is 11.6 Å². The first-order valence-electron chi connectivity index (χ1n) is 8.73. The van der Waals surface area contributed by atoms with E-state index in [1.165, 1.54) is 36.7 Å². The molecule has 2 aromatic heterocycles. The summed E-state index contributed by atoms with van der Waals surface area (Å²) in [4.78, 5) is 18.7. The van der Waals surface area contributed by atoms with E-state index in [1.807, 2.05) is 0 Å². The zero-order valence-electron chi connectivity index (χ0n) is 14.6. The van der Waals surface area contributed by atoms with E-state index in [2.05, 4.69) is 9.97 Å². The molecule has 7 heteroatoms. The summed E-state index contributed by atoms with van der Waals surface area (Å²) >= 11 is 0. The molecular formula is C21H16F4N2O. The molecule has 0 radical (unpaired) electrons. The van der Waals surface area contributed by atoms with Gasteiger partial charge in [-0.25, -0.2) is 17.6 Å². The van der Waals surface area contributed by atoms with Crippen LogP contribution in [0.3, 0.4) is 0 Å². The Morgan fingerprint density at radius 1 is 0.786 bits per heavy atom. The van der Waals surface area contributed by atoms with Crippen LogP contribution < -0.4 is 0 Å². The number of hydrogen-bond donors (Lipinski definition) is 2. The van der Waals surface area contributed by atoms with Crippen LogP contribution >= 0.6 is 0 Å². The van der Waals surface area contributed by atoms with Crippen LogP contribution in [0.2, 0.25) is 0 Å². The van der Waals surface area contributed by atoms with Gasteiger partial charge >= 0.3 is 0 Å². The van der Waals surface area contributed by atoms with Crippen LogP contribution in [0.5, 0.6) is 0 Å². The lowest BCUT2D eigenvalue weighted by molar-refractivity contribution is -0.122. The third-order valence-electron chi connectivity index (χ3n) is 5.12. The lowest BCUT2D eigenvalue weighted by Crippen LogP contribution is -2.23. The Morgan fingerprint density at radius 2 is 1.21 bits per heavy atom. The Morgan fingerprint density at radius 3 is 1.61 bits per heavy atom. The summed E-state index contributed by atoms with van der Waals surface area (Å²) in [6.45, 7) is -2.25. The van der Waals surface area contributed by atoms with Gasteiger partial charge in [-0.1, -0.05) is 12.1 Å². The monoisotopic (exact) mass is 388 g/mol. The molecular weight excluding hydrogens is 372 g/mol. The van der Waals surface area contributed by atoms with Crippen molar-refractivity contribution in [3.8, 4) is 0 Å². The van der Waals surface area contributed by atoms with Crippen LogP contribution in [0.1, 0.15) is 23.0 Å². The first-order chi connectivity index (χ1) is 13.6. The second-order valence-electron chi connectivity index (χ2n) is 6.63. The van der Waals surface area contributed by atoms with Crippen LogP contribution in [0.4, 0.5) is 17.6 Å². The van der Waals surface area contributed by atoms with E-state index in [-0.39, 0.29) is 21.9 Å². The lowest BCUT2D eigenvalue weighted by atomic mass is 9.84. The second-order valence-corrected chi connectivity index (χ2v) is 6.63. The Labute approximate surface area is 157 Å². The molecule has 3 nitrogen and oxygen atoms in total. The number of ketones is 1. The number of carbonyl (C=O) groups excluding carboxylic acids is 1. The summed E-state index contributed by atoms with van der Waals surface area (Å²) < 4.78 is 56.4. The van der Waals surface area contributed by atoms with Gasteiger partial charge in [-0.3, -0.25) is 4.79 Å². The Balaban J connectivity index is 1.80. The second kappa shape index (κ2) is 7.14. The summed E-state index contributed by atoms with van der Waals surface area (Å²) in [6, 6.07) is 8.60. The van der Waals surface area contributed by atoms with Crippen molar-refractivity contribution in [1.82, 2.24) is 9.97 Å². The van der Waals surface area contributed by atoms with Crippen LogP contribution in [-0.2, 0) is 4.79 Å². The number of carbonyl (C=O) groups is 1.